The Bertz CT molecular complexity index is 925. The van der Waals surface area contributed by atoms with Crippen LogP contribution in [0.4, 0.5) is 0 Å². The number of nitrogens with one attached hydrogen (secondary N) is 1. The maximum Gasteiger partial charge on any atom is 0.244 e. The number of nitrogens with zero attached hydrogens (tertiary/aromatic N) is 4. The van der Waals surface area contributed by atoms with Crippen molar-refractivity contribution in [1.29, 1.82) is 0 Å². The van der Waals surface area contributed by atoms with Gasteiger partial charge in [-0.25, -0.2) is 4.98 Å². The zero-order valence-corrected chi connectivity index (χ0v) is 15.0. The van der Waals surface area contributed by atoms with Crippen molar-refractivity contribution in [3.8, 4) is 0 Å². The minimum Gasteiger partial charge on any atom is -0.352 e. The summed E-state index contributed by atoms with van der Waals surface area (Å²) in [5.74, 6) is -0.144. The Morgan fingerprint density at radius 2 is 2.16 bits per heavy atom. The largest absolute Gasteiger partial charge is 0.352 e. The van der Waals surface area contributed by atoms with Gasteiger partial charge in [-0.15, -0.1) is 0 Å². The van der Waals surface area contributed by atoms with Gasteiger partial charge in [0.15, 0.2) is 0 Å². The average Bonchev–Trinajstić information content (AvgIpc) is 3.11. The zero-order chi connectivity index (χ0) is 17.8. The number of hydrogen-bond donors (Lipinski definition) is 1. The summed E-state index contributed by atoms with van der Waals surface area (Å²) >= 11 is 6.14. The first-order valence-corrected chi connectivity index (χ1v) is 8.49. The van der Waals surface area contributed by atoms with Crippen LogP contribution in [-0.2, 0) is 18.4 Å². The van der Waals surface area contributed by atoms with Crippen molar-refractivity contribution in [2.75, 3.05) is 6.54 Å². The molecular weight excluding hydrogens is 338 g/mol. The zero-order valence-electron chi connectivity index (χ0n) is 14.2. The maximum absolute atomic E-state index is 11.9. The molecule has 7 heteroatoms. The van der Waals surface area contributed by atoms with E-state index in [9.17, 15) is 4.79 Å². The van der Waals surface area contributed by atoms with Gasteiger partial charge >= 0.3 is 0 Å². The van der Waals surface area contributed by atoms with Gasteiger partial charge in [0.2, 0.25) is 5.91 Å². The highest BCUT2D eigenvalue weighted by Crippen LogP contribution is 2.19. The summed E-state index contributed by atoms with van der Waals surface area (Å²) in [6.45, 7) is 3.26. The predicted molar refractivity (Wildman–Crippen MR) is 99.3 cm³/mol. The first-order valence-electron chi connectivity index (χ1n) is 8.11. The predicted octanol–water partition coefficient (Wildman–Crippen LogP) is 2.95. The number of aromatic nitrogens is 4. The van der Waals surface area contributed by atoms with Crippen LogP contribution in [-0.4, -0.2) is 31.8 Å². The molecule has 6 nitrogen and oxygen atoms in total. The second-order valence-corrected chi connectivity index (χ2v) is 6.18. The van der Waals surface area contributed by atoms with Crippen LogP contribution >= 0.6 is 11.6 Å². The summed E-state index contributed by atoms with van der Waals surface area (Å²) in [5, 5.41) is 7.61. The molecule has 1 aromatic carbocycles. The fourth-order valence-electron chi connectivity index (χ4n) is 2.70. The summed E-state index contributed by atoms with van der Waals surface area (Å²) in [7, 11) is 1.77. The molecule has 0 fully saturated rings. The molecule has 130 valence electrons. The molecule has 1 N–H and O–H groups in total. The Hall–Kier alpha value is -2.60. The van der Waals surface area contributed by atoms with E-state index in [1.165, 1.54) is 6.08 Å². The molecule has 0 saturated carbocycles. The lowest BCUT2D eigenvalue weighted by Gasteiger charge is -2.05. The number of halogens is 1. The van der Waals surface area contributed by atoms with Crippen LogP contribution in [0.3, 0.4) is 0 Å². The molecule has 0 atom stereocenters. The van der Waals surface area contributed by atoms with Gasteiger partial charge in [-0.3, -0.25) is 9.48 Å². The number of benzene rings is 1. The SMILES string of the molecule is Cc1nn(C)c(Cl)c1/C=C/C(=O)NCCCn1cnc2ccccc21. The quantitative estimate of drug-likeness (QED) is 0.545. The average molecular weight is 358 g/mol. The minimum absolute atomic E-state index is 0.144. The summed E-state index contributed by atoms with van der Waals surface area (Å²) in [5.41, 5.74) is 3.65. The number of hydrogen-bond acceptors (Lipinski definition) is 3. The first-order chi connectivity index (χ1) is 12.1. The van der Waals surface area contributed by atoms with Crippen LogP contribution in [0.25, 0.3) is 17.1 Å². The molecule has 0 spiro atoms. The van der Waals surface area contributed by atoms with Gasteiger partial charge in [0.25, 0.3) is 0 Å². The summed E-state index contributed by atoms with van der Waals surface area (Å²) in [4.78, 5) is 16.3. The number of amides is 1. The van der Waals surface area contributed by atoms with Crippen molar-refractivity contribution in [2.45, 2.75) is 19.9 Å². The third-order valence-electron chi connectivity index (χ3n) is 4.00. The second kappa shape index (κ2) is 7.53. The molecule has 0 aliphatic carbocycles. The molecule has 0 radical (unpaired) electrons. The van der Waals surface area contributed by atoms with Gasteiger partial charge in [-0.2, -0.15) is 5.10 Å². The number of carbonyl (C=O) groups excluding carboxylic acids is 1. The summed E-state index contributed by atoms with van der Waals surface area (Å²) in [6, 6.07) is 8.01. The van der Waals surface area contributed by atoms with Gasteiger partial charge in [0, 0.05) is 31.8 Å². The van der Waals surface area contributed by atoms with Crippen molar-refractivity contribution in [3.63, 3.8) is 0 Å². The highest BCUT2D eigenvalue weighted by molar-refractivity contribution is 6.31. The van der Waals surface area contributed by atoms with E-state index >= 15 is 0 Å². The molecule has 0 saturated heterocycles. The lowest BCUT2D eigenvalue weighted by molar-refractivity contribution is -0.116. The molecule has 0 aliphatic rings. The number of para-hydroxylation sites is 2. The highest BCUT2D eigenvalue weighted by Gasteiger charge is 2.08. The molecule has 0 unspecified atom stereocenters. The van der Waals surface area contributed by atoms with E-state index in [4.69, 9.17) is 11.6 Å². The van der Waals surface area contributed by atoms with Gasteiger partial charge in [0.05, 0.1) is 23.1 Å². The molecule has 2 heterocycles. The number of aryl methyl sites for hydroxylation is 3. The van der Waals surface area contributed by atoms with E-state index in [1.54, 1.807) is 17.8 Å². The van der Waals surface area contributed by atoms with E-state index in [1.807, 2.05) is 37.5 Å². The third kappa shape index (κ3) is 3.91. The molecule has 25 heavy (non-hydrogen) atoms. The highest BCUT2D eigenvalue weighted by atomic mass is 35.5. The lowest BCUT2D eigenvalue weighted by atomic mass is 10.2. The number of carbonyl (C=O) groups is 1. The Morgan fingerprint density at radius 3 is 2.92 bits per heavy atom. The van der Waals surface area contributed by atoms with E-state index in [2.05, 4.69) is 20.0 Å². The van der Waals surface area contributed by atoms with Crippen molar-refractivity contribution >= 4 is 34.6 Å². The van der Waals surface area contributed by atoms with Crippen molar-refractivity contribution in [1.82, 2.24) is 24.6 Å². The lowest BCUT2D eigenvalue weighted by Crippen LogP contribution is -2.23. The van der Waals surface area contributed by atoms with Crippen LogP contribution < -0.4 is 5.32 Å². The molecular formula is C18H20ClN5O. The molecule has 3 rings (SSSR count). The van der Waals surface area contributed by atoms with Gasteiger partial charge in [0.1, 0.15) is 5.15 Å². The van der Waals surface area contributed by atoms with Crippen molar-refractivity contribution < 1.29 is 4.79 Å². The molecule has 2 aromatic heterocycles. The summed E-state index contributed by atoms with van der Waals surface area (Å²) < 4.78 is 3.68. The minimum atomic E-state index is -0.144. The van der Waals surface area contributed by atoms with E-state index in [0.29, 0.717) is 11.7 Å². The maximum atomic E-state index is 11.9. The third-order valence-corrected chi connectivity index (χ3v) is 4.45. The molecule has 1 amide bonds. The van der Waals surface area contributed by atoms with Gasteiger partial charge < -0.3 is 9.88 Å². The van der Waals surface area contributed by atoms with Crippen LogP contribution in [0.5, 0.6) is 0 Å². The Morgan fingerprint density at radius 1 is 1.36 bits per heavy atom. The molecule has 3 aromatic rings. The summed E-state index contributed by atoms with van der Waals surface area (Å²) in [6.07, 6.45) is 5.85. The number of imidazole rings is 1. The standard InChI is InChI=1S/C18H20ClN5O/c1-13-14(18(19)23(2)22-13)8-9-17(25)20-10-5-11-24-12-21-15-6-3-4-7-16(15)24/h3-4,6-9,12H,5,10-11H2,1-2H3,(H,20,25)/b9-8+. The number of fused-ring (bicyclic) bond motifs is 1. The second-order valence-electron chi connectivity index (χ2n) is 5.82. The van der Waals surface area contributed by atoms with Crippen LogP contribution in [0.2, 0.25) is 5.15 Å². The Labute approximate surface area is 151 Å². The fraction of sp³-hybridized carbons (Fsp3) is 0.278. The van der Waals surface area contributed by atoms with Gasteiger partial charge in [-0.05, 0) is 31.6 Å². The fourth-order valence-corrected chi connectivity index (χ4v) is 2.94. The molecule has 0 aliphatic heterocycles. The number of rotatable bonds is 6. The Balaban J connectivity index is 1.49. The topological polar surface area (TPSA) is 64.7 Å². The van der Waals surface area contributed by atoms with Crippen molar-refractivity contribution in [2.24, 2.45) is 7.05 Å². The monoisotopic (exact) mass is 357 g/mol. The normalized spacial score (nSPS) is 11.5. The molecule has 0 bridgehead atoms. The van der Waals surface area contributed by atoms with Crippen LogP contribution in [0, 0.1) is 6.92 Å². The smallest absolute Gasteiger partial charge is 0.244 e. The Kier molecular flexibility index (Phi) is 5.19. The van der Waals surface area contributed by atoms with Gasteiger partial charge in [-0.1, -0.05) is 23.7 Å². The van der Waals surface area contributed by atoms with E-state index < -0.39 is 0 Å². The van der Waals surface area contributed by atoms with Crippen molar-refractivity contribution in [3.05, 3.63) is 53.1 Å². The van der Waals surface area contributed by atoms with Crippen LogP contribution in [0.1, 0.15) is 17.7 Å². The van der Waals surface area contributed by atoms with E-state index in [0.717, 1.165) is 35.3 Å². The van der Waals surface area contributed by atoms with Crippen LogP contribution in [0.15, 0.2) is 36.7 Å². The first kappa shape index (κ1) is 17.2. The van der Waals surface area contributed by atoms with E-state index in [-0.39, 0.29) is 5.91 Å².